The molecule has 0 unspecified atom stereocenters. The van der Waals surface area contributed by atoms with Gasteiger partial charge in [0.15, 0.2) is 0 Å². The second kappa shape index (κ2) is 5.82. The summed E-state index contributed by atoms with van der Waals surface area (Å²) in [4.78, 5) is 0. The van der Waals surface area contributed by atoms with Crippen molar-refractivity contribution in [2.75, 3.05) is 0 Å². The minimum absolute atomic E-state index is 0. The summed E-state index contributed by atoms with van der Waals surface area (Å²) in [6.45, 7) is 9.39. The Bertz CT molecular complexity index is 427. The van der Waals surface area contributed by atoms with E-state index in [1.54, 1.807) is 33.4 Å². The first-order chi connectivity index (χ1) is 7.58. The molecule has 0 saturated carbocycles. The summed E-state index contributed by atoms with van der Waals surface area (Å²) in [5.74, 6) is 0. The van der Waals surface area contributed by atoms with Crippen LogP contribution in [-0.2, 0) is 23.2 Å². The Hall–Kier alpha value is 0.423. The fourth-order valence-electron chi connectivity index (χ4n) is 3.05. The van der Waals surface area contributed by atoms with Crippen molar-refractivity contribution in [3.8, 4) is 0 Å². The molecule has 0 nitrogen and oxygen atoms in total. The maximum Gasteiger partial charge on any atom is -1.00 e. The van der Waals surface area contributed by atoms with E-state index in [0.29, 0.717) is 0 Å². The van der Waals surface area contributed by atoms with E-state index in [1.165, 1.54) is 19.3 Å². The summed E-state index contributed by atoms with van der Waals surface area (Å²) in [6.07, 6.45) is 3.92. The molecule has 3 aliphatic rings. The van der Waals surface area contributed by atoms with Gasteiger partial charge in [-0.25, -0.2) is 0 Å². The van der Waals surface area contributed by atoms with Gasteiger partial charge in [-0.3, -0.25) is 0 Å². The van der Waals surface area contributed by atoms with E-state index in [2.05, 4.69) is 27.7 Å². The van der Waals surface area contributed by atoms with E-state index in [0.717, 1.165) is 0 Å². The third-order valence-corrected chi connectivity index (χ3v) is 8.80. The van der Waals surface area contributed by atoms with Crippen molar-refractivity contribution in [2.24, 2.45) is 0 Å². The number of halogens is 2. The molecule has 1 saturated heterocycles. The SMILES string of the molecule is CC1=C2CC3=C(C)C(C)=[C](C3)[Zr+2][C](=C1C)C2.[Cl-].[Cl-]. The molecule has 3 heteroatoms. The fraction of sp³-hybridized carbons (Fsp3) is 0.467. The van der Waals surface area contributed by atoms with Crippen LogP contribution < -0.4 is 24.8 Å². The summed E-state index contributed by atoms with van der Waals surface area (Å²) in [5, 5.41) is 0. The number of hydrogen-bond acceptors (Lipinski definition) is 0. The fourth-order valence-corrected chi connectivity index (χ4v) is 7.27. The van der Waals surface area contributed by atoms with Crippen molar-refractivity contribution >= 4 is 0 Å². The van der Waals surface area contributed by atoms with Crippen molar-refractivity contribution < 1.29 is 48.0 Å². The van der Waals surface area contributed by atoms with Crippen LogP contribution in [0.1, 0.15) is 47.0 Å². The van der Waals surface area contributed by atoms with Crippen LogP contribution in [0.3, 0.4) is 0 Å². The molecule has 18 heavy (non-hydrogen) atoms. The van der Waals surface area contributed by atoms with Gasteiger partial charge in [0.05, 0.1) is 0 Å². The van der Waals surface area contributed by atoms with Gasteiger partial charge >= 0.3 is 110 Å². The van der Waals surface area contributed by atoms with E-state index >= 15 is 0 Å². The summed E-state index contributed by atoms with van der Waals surface area (Å²) in [6, 6.07) is 0. The predicted octanol–water partition coefficient (Wildman–Crippen LogP) is -1.53. The Balaban J connectivity index is 0.000000810. The molecule has 1 aliphatic heterocycles. The Morgan fingerprint density at radius 1 is 0.611 bits per heavy atom. The van der Waals surface area contributed by atoms with Gasteiger partial charge in [-0.1, -0.05) is 0 Å². The Morgan fingerprint density at radius 3 is 1.39 bits per heavy atom. The summed E-state index contributed by atoms with van der Waals surface area (Å²) >= 11 is -0.423. The quantitative estimate of drug-likeness (QED) is 0.492. The Labute approximate surface area is 134 Å². The molecular weight excluding hydrogens is 342 g/mol. The number of hydrogen-bond donors (Lipinski definition) is 0. The average Bonchev–Trinajstić information content (AvgIpc) is 2.65. The van der Waals surface area contributed by atoms with Crippen LogP contribution in [0.25, 0.3) is 0 Å². The number of allylic oxidation sites excluding steroid dienone is 8. The summed E-state index contributed by atoms with van der Waals surface area (Å²) < 4.78 is 3.72. The second-order valence-electron chi connectivity index (χ2n) is 5.32. The van der Waals surface area contributed by atoms with Gasteiger partial charge in [-0.05, 0) is 0 Å². The van der Waals surface area contributed by atoms with Crippen molar-refractivity contribution in [3.05, 3.63) is 40.0 Å². The van der Waals surface area contributed by atoms with E-state index in [9.17, 15) is 0 Å². The number of rotatable bonds is 0. The summed E-state index contributed by atoms with van der Waals surface area (Å²) in [7, 11) is 0. The normalized spacial score (nSPS) is 21.1. The molecule has 3 rings (SSSR count). The Morgan fingerprint density at radius 2 is 1.00 bits per heavy atom. The molecule has 0 amide bonds. The molecule has 0 radical (unpaired) electrons. The maximum atomic E-state index is 2.36. The van der Waals surface area contributed by atoms with Crippen LogP contribution in [-0.4, -0.2) is 0 Å². The molecule has 0 atom stereocenters. The standard InChI is InChI=1S/C15H18.2ClH.Zr/c1-10-5-7-14(12(10)3)9-15-8-6-11(2)13(15)4;;;/h7-9H2,1-4H3;2*1H;/q;;;+2/p-2. The van der Waals surface area contributed by atoms with Crippen LogP contribution in [0.5, 0.6) is 0 Å². The van der Waals surface area contributed by atoms with Gasteiger partial charge in [0, 0.05) is 0 Å². The van der Waals surface area contributed by atoms with Crippen molar-refractivity contribution in [1.29, 1.82) is 0 Å². The molecular formula is C15H18Cl2Zr. The zero-order chi connectivity index (χ0) is 11.4. The first-order valence-electron chi connectivity index (χ1n) is 6.12. The maximum absolute atomic E-state index is 2.36. The van der Waals surface area contributed by atoms with Gasteiger partial charge in [0.2, 0.25) is 0 Å². The van der Waals surface area contributed by atoms with Crippen LogP contribution in [0.4, 0.5) is 0 Å². The third-order valence-electron chi connectivity index (χ3n) is 4.60. The van der Waals surface area contributed by atoms with E-state index in [-0.39, 0.29) is 24.8 Å². The average molecular weight is 360 g/mol. The monoisotopic (exact) mass is 358 g/mol. The molecule has 96 valence electrons. The zero-order valence-electron chi connectivity index (χ0n) is 11.4. The van der Waals surface area contributed by atoms with Gasteiger partial charge in [-0.2, -0.15) is 0 Å². The van der Waals surface area contributed by atoms with Crippen LogP contribution in [0.2, 0.25) is 0 Å². The molecule has 0 spiro atoms. The number of fused-ring (bicyclic) bond motifs is 4. The van der Waals surface area contributed by atoms with Crippen LogP contribution in [0, 0.1) is 0 Å². The van der Waals surface area contributed by atoms with Crippen molar-refractivity contribution in [1.82, 2.24) is 0 Å². The molecule has 4 bridgehead atoms. The van der Waals surface area contributed by atoms with Gasteiger partial charge in [0.25, 0.3) is 0 Å². The third kappa shape index (κ3) is 2.39. The van der Waals surface area contributed by atoms with Crippen LogP contribution in [0.15, 0.2) is 40.0 Å². The van der Waals surface area contributed by atoms with Crippen molar-refractivity contribution in [3.63, 3.8) is 0 Å². The van der Waals surface area contributed by atoms with Crippen molar-refractivity contribution in [2.45, 2.75) is 47.0 Å². The predicted molar refractivity (Wildman–Crippen MR) is 64.7 cm³/mol. The molecule has 0 aromatic rings. The van der Waals surface area contributed by atoms with E-state index in [4.69, 9.17) is 0 Å². The molecule has 0 aromatic carbocycles. The molecule has 1 fully saturated rings. The van der Waals surface area contributed by atoms with Crippen LogP contribution >= 0.6 is 0 Å². The topological polar surface area (TPSA) is 0 Å². The molecule has 0 aromatic heterocycles. The largest absolute Gasteiger partial charge is 1.00 e. The van der Waals surface area contributed by atoms with Gasteiger partial charge < -0.3 is 24.8 Å². The zero-order valence-corrected chi connectivity index (χ0v) is 15.3. The Kier molecular flexibility index (Phi) is 5.32. The molecule has 0 N–H and O–H groups in total. The first-order valence-corrected chi connectivity index (χ1v) is 8.58. The minimum Gasteiger partial charge on any atom is -1.00 e. The van der Waals surface area contributed by atoms with Gasteiger partial charge in [-0.15, -0.1) is 0 Å². The summed E-state index contributed by atoms with van der Waals surface area (Å²) in [5.41, 5.74) is 10.0. The first kappa shape index (κ1) is 16.5. The second-order valence-corrected chi connectivity index (χ2v) is 8.90. The van der Waals surface area contributed by atoms with Gasteiger partial charge in [0.1, 0.15) is 0 Å². The molecule has 2 aliphatic carbocycles. The minimum atomic E-state index is -0.423. The van der Waals surface area contributed by atoms with E-state index < -0.39 is 23.2 Å². The smallest absolute Gasteiger partial charge is 1.00 e. The van der Waals surface area contributed by atoms with E-state index in [1.807, 2.05) is 6.56 Å². The molecule has 1 heterocycles.